The second-order valence-electron chi connectivity index (χ2n) is 10.1. The number of aromatic nitrogens is 2. The lowest BCUT2D eigenvalue weighted by molar-refractivity contribution is 0.305. The zero-order chi connectivity index (χ0) is 28.9. The molecule has 0 unspecified atom stereocenters. The van der Waals surface area contributed by atoms with Crippen LogP contribution in [-0.2, 0) is 12.8 Å². The van der Waals surface area contributed by atoms with Gasteiger partial charge < -0.3 is 18.9 Å². The van der Waals surface area contributed by atoms with Gasteiger partial charge in [0.05, 0.1) is 33.6 Å². The molecule has 4 rings (SSSR count). The molecule has 0 aliphatic heterocycles. The fourth-order valence-corrected chi connectivity index (χ4v) is 4.86. The van der Waals surface area contributed by atoms with Crippen LogP contribution in [0.15, 0.2) is 72.8 Å². The third-order valence-corrected chi connectivity index (χ3v) is 7.15. The van der Waals surface area contributed by atoms with Crippen LogP contribution in [0.5, 0.6) is 23.0 Å². The minimum absolute atomic E-state index is 0.670. The number of rotatable bonds is 16. The van der Waals surface area contributed by atoms with E-state index in [9.17, 15) is 0 Å². The first-order chi connectivity index (χ1) is 20.1. The van der Waals surface area contributed by atoms with Gasteiger partial charge in [0.15, 0.2) is 5.82 Å². The molecular formula is C35H42N2O4. The quantitative estimate of drug-likeness (QED) is 0.130. The number of ether oxygens (including phenoxy) is 4. The number of benzene rings is 3. The van der Waals surface area contributed by atoms with E-state index in [0.717, 1.165) is 95.4 Å². The minimum atomic E-state index is 0.670. The maximum Gasteiger partial charge on any atom is 0.160 e. The number of nitrogens with zero attached hydrogens (tertiary/aromatic N) is 2. The molecule has 216 valence electrons. The summed E-state index contributed by atoms with van der Waals surface area (Å²) in [5, 5.41) is 0. The van der Waals surface area contributed by atoms with E-state index in [4.69, 9.17) is 28.9 Å². The molecule has 41 heavy (non-hydrogen) atoms. The van der Waals surface area contributed by atoms with Crippen molar-refractivity contribution in [3.63, 3.8) is 0 Å². The van der Waals surface area contributed by atoms with Gasteiger partial charge in [0.1, 0.15) is 23.0 Å². The summed E-state index contributed by atoms with van der Waals surface area (Å²) in [6.07, 6.45) is 8.38. The van der Waals surface area contributed by atoms with Gasteiger partial charge in [-0.15, -0.1) is 0 Å². The molecule has 4 aromatic rings. The average Bonchev–Trinajstić information content (AvgIpc) is 3.03. The summed E-state index contributed by atoms with van der Waals surface area (Å²) in [5.41, 5.74) is 5.21. The third kappa shape index (κ3) is 8.46. The van der Waals surface area contributed by atoms with Gasteiger partial charge in [0.25, 0.3) is 0 Å². The van der Waals surface area contributed by atoms with Crippen LogP contribution in [0.4, 0.5) is 0 Å². The van der Waals surface area contributed by atoms with Crippen molar-refractivity contribution in [2.24, 2.45) is 0 Å². The smallest absolute Gasteiger partial charge is 0.160 e. The van der Waals surface area contributed by atoms with Crippen LogP contribution in [0.25, 0.3) is 22.6 Å². The van der Waals surface area contributed by atoms with Crippen molar-refractivity contribution in [3.05, 3.63) is 84.1 Å². The zero-order valence-electron chi connectivity index (χ0n) is 24.8. The highest BCUT2D eigenvalue weighted by Crippen LogP contribution is 2.35. The molecule has 0 aliphatic carbocycles. The molecule has 0 radical (unpaired) electrons. The summed E-state index contributed by atoms with van der Waals surface area (Å²) < 4.78 is 22.5. The Bertz CT molecular complexity index is 1330. The number of unbranched alkanes of at least 4 members (excludes halogenated alkanes) is 4. The molecule has 0 spiro atoms. The van der Waals surface area contributed by atoms with Gasteiger partial charge in [-0.2, -0.15) is 0 Å². The average molecular weight is 555 g/mol. The molecule has 0 saturated carbocycles. The highest BCUT2D eigenvalue weighted by molar-refractivity contribution is 5.65. The molecule has 0 amide bonds. The maximum atomic E-state index is 6.05. The molecule has 0 saturated heterocycles. The van der Waals surface area contributed by atoms with Crippen molar-refractivity contribution < 1.29 is 18.9 Å². The Hall–Kier alpha value is -4.06. The minimum Gasteiger partial charge on any atom is -0.496 e. The molecule has 0 aliphatic rings. The summed E-state index contributed by atoms with van der Waals surface area (Å²) in [7, 11) is 5.00. The van der Waals surface area contributed by atoms with Gasteiger partial charge in [-0.05, 0) is 68.9 Å². The van der Waals surface area contributed by atoms with Crippen LogP contribution in [0.2, 0.25) is 0 Å². The number of methoxy groups -OCH3 is 3. The first-order valence-electron chi connectivity index (χ1n) is 14.6. The van der Waals surface area contributed by atoms with E-state index in [2.05, 4.69) is 37.3 Å². The SMILES string of the molecule is CCCCCc1cc(-c2ccc(OCCCCCc3c(OC)cc(OC)cc3OC)cc2)nc(-c2ccccc2)n1. The van der Waals surface area contributed by atoms with E-state index in [1.165, 1.54) is 12.8 Å². The van der Waals surface area contributed by atoms with E-state index >= 15 is 0 Å². The molecule has 6 nitrogen and oxygen atoms in total. The first-order valence-corrected chi connectivity index (χ1v) is 14.6. The van der Waals surface area contributed by atoms with E-state index in [1.807, 2.05) is 42.5 Å². The Balaban J connectivity index is 1.32. The van der Waals surface area contributed by atoms with Crippen LogP contribution in [-0.4, -0.2) is 37.9 Å². The van der Waals surface area contributed by atoms with Crippen LogP contribution < -0.4 is 18.9 Å². The monoisotopic (exact) mass is 554 g/mol. The van der Waals surface area contributed by atoms with Crippen LogP contribution in [0, 0.1) is 0 Å². The van der Waals surface area contributed by atoms with Crippen LogP contribution >= 0.6 is 0 Å². The van der Waals surface area contributed by atoms with Gasteiger partial charge >= 0.3 is 0 Å². The Morgan fingerprint density at radius 3 is 1.98 bits per heavy atom. The summed E-state index contributed by atoms with van der Waals surface area (Å²) >= 11 is 0. The van der Waals surface area contributed by atoms with E-state index in [1.54, 1.807) is 21.3 Å². The second kappa shape index (κ2) is 15.7. The lowest BCUT2D eigenvalue weighted by Gasteiger charge is -2.15. The van der Waals surface area contributed by atoms with Gasteiger partial charge in [-0.3, -0.25) is 0 Å². The van der Waals surface area contributed by atoms with Crippen LogP contribution in [0.1, 0.15) is 56.7 Å². The second-order valence-corrected chi connectivity index (χ2v) is 10.1. The topological polar surface area (TPSA) is 62.7 Å². The molecule has 1 aromatic heterocycles. The van der Waals surface area contributed by atoms with E-state index in [0.29, 0.717) is 6.61 Å². The molecule has 3 aromatic carbocycles. The van der Waals surface area contributed by atoms with Gasteiger partial charge in [0, 0.05) is 34.5 Å². The Morgan fingerprint density at radius 2 is 1.32 bits per heavy atom. The standard InChI is InChI=1S/C35H42N2O4/c1-5-6-9-16-28-23-32(37-35(36-28)27-14-10-7-11-15-27)26-18-20-29(21-19-26)41-22-13-8-12-17-31-33(39-3)24-30(38-2)25-34(31)40-4/h7,10-11,14-15,18-21,23-25H,5-6,8-9,12-13,16-17,22H2,1-4H3. The van der Waals surface area contributed by atoms with Crippen molar-refractivity contribution >= 4 is 0 Å². The summed E-state index contributed by atoms with van der Waals surface area (Å²) in [4.78, 5) is 9.78. The lowest BCUT2D eigenvalue weighted by Crippen LogP contribution is -2.01. The fourth-order valence-electron chi connectivity index (χ4n) is 4.86. The summed E-state index contributed by atoms with van der Waals surface area (Å²) in [5.74, 6) is 3.97. The number of hydrogen-bond acceptors (Lipinski definition) is 6. The molecule has 0 N–H and O–H groups in total. The molecule has 1 heterocycles. The Morgan fingerprint density at radius 1 is 0.610 bits per heavy atom. The van der Waals surface area contributed by atoms with Crippen molar-refractivity contribution in [3.8, 4) is 45.6 Å². The first kappa shape index (κ1) is 29.9. The van der Waals surface area contributed by atoms with Crippen molar-refractivity contribution in [2.75, 3.05) is 27.9 Å². The highest BCUT2D eigenvalue weighted by Gasteiger charge is 2.13. The number of aryl methyl sites for hydroxylation is 1. The molecule has 0 fully saturated rings. The Kier molecular flexibility index (Phi) is 11.4. The fraction of sp³-hybridized carbons (Fsp3) is 0.371. The van der Waals surface area contributed by atoms with Crippen LogP contribution in [0.3, 0.4) is 0 Å². The zero-order valence-corrected chi connectivity index (χ0v) is 24.8. The normalized spacial score (nSPS) is 10.8. The molecular weight excluding hydrogens is 512 g/mol. The third-order valence-electron chi connectivity index (χ3n) is 7.15. The number of hydrogen-bond donors (Lipinski definition) is 0. The van der Waals surface area contributed by atoms with Gasteiger partial charge in [0.2, 0.25) is 0 Å². The van der Waals surface area contributed by atoms with Gasteiger partial charge in [-0.25, -0.2) is 9.97 Å². The highest BCUT2D eigenvalue weighted by atomic mass is 16.5. The van der Waals surface area contributed by atoms with Crippen molar-refractivity contribution in [1.29, 1.82) is 0 Å². The molecule has 6 heteroatoms. The summed E-state index contributed by atoms with van der Waals surface area (Å²) in [6.45, 7) is 2.89. The molecule has 0 bridgehead atoms. The predicted octanol–water partition coefficient (Wildman–Crippen LogP) is 8.36. The lowest BCUT2D eigenvalue weighted by atomic mass is 10.0. The summed E-state index contributed by atoms with van der Waals surface area (Å²) in [6, 6.07) is 24.4. The van der Waals surface area contributed by atoms with Crippen molar-refractivity contribution in [1.82, 2.24) is 9.97 Å². The predicted molar refractivity (Wildman–Crippen MR) is 165 cm³/mol. The van der Waals surface area contributed by atoms with Gasteiger partial charge in [-0.1, -0.05) is 50.1 Å². The van der Waals surface area contributed by atoms with E-state index < -0.39 is 0 Å². The largest absolute Gasteiger partial charge is 0.496 e. The van der Waals surface area contributed by atoms with Crippen molar-refractivity contribution in [2.45, 2.75) is 58.3 Å². The molecule has 0 atom stereocenters. The Labute approximate surface area is 244 Å². The van der Waals surface area contributed by atoms with E-state index in [-0.39, 0.29) is 0 Å². The maximum absolute atomic E-state index is 6.05.